The first-order valence-electron chi connectivity index (χ1n) is 4.74. The Kier molecular flexibility index (Phi) is 4.10. The van der Waals surface area contributed by atoms with Crippen LogP contribution in [0.3, 0.4) is 0 Å². The average molecular weight is 201 g/mol. The first-order chi connectivity index (χ1) is 6.18. The number of hydrogen-bond acceptors (Lipinski definition) is 2. The van der Waals surface area contributed by atoms with E-state index in [9.17, 15) is 9.59 Å². The molecule has 0 saturated carbocycles. The van der Waals surface area contributed by atoms with Crippen LogP contribution in [0.15, 0.2) is 0 Å². The molecule has 0 aliphatic rings. The molecule has 4 heteroatoms. The second kappa shape index (κ2) is 4.44. The second-order valence-corrected chi connectivity index (χ2v) is 4.45. The first-order valence-corrected chi connectivity index (χ1v) is 4.74. The van der Waals surface area contributed by atoms with E-state index in [2.05, 4.69) is 5.32 Å². The predicted octanol–water partition coefficient (Wildman–Crippen LogP) is 1.26. The summed E-state index contributed by atoms with van der Waals surface area (Å²) in [4.78, 5) is 22.3. The molecule has 0 spiro atoms. The molecule has 0 aliphatic carbocycles. The lowest BCUT2D eigenvalue weighted by Crippen LogP contribution is -2.51. The fourth-order valence-electron chi connectivity index (χ4n) is 0.778. The molecule has 14 heavy (non-hydrogen) atoms. The molecule has 0 fully saturated rings. The monoisotopic (exact) mass is 201 g/mol. The van der Waals surface area contributed by atoms with Crippen LogP contribution in [0.5, 0.6) is 0 Å². The minimum Gasteiger partial charge on any atom is -0.480 e. The minimum atomic E-state index is -1.19. The van der Waals surface area contributed by atoms with Gasteiger partial charge in [0.1, 0.15) is 5.54 Å². The van der Waals surface area contributed by atoms with E-state index in [1.807, 2.05) is 13.8 Å². The summed E-state index contributed by atoms with van der Waals surface area (Å²) in [6, 6.07) is 0. The van der Waals surface area contributed by atoms with Crippen LogP contribution >= 0.6 is 0 Å². The van der Waals surface area contributed by atoms with Gasteiger partial charge >= 0.3 is 5.97 Å². The molecule has 1 atom stereocenters. The number of rotatable bonds is 4. The van der Waals surface area contributed by atoms with E-state index < -0.39 is 11.5 Å². The van der Waals surface area contributed by atoms with Crippen molar-refractivity contribution in [3.05, 3.63) is 0 Å². The SMILES string of the molecule is CC(C)[C@H](C)C(=O)NC(C)(C)C(=O)O. The van der Waals surface area contributed by atoms with Gasteiger partial charge in [-0.15, -0.1) is 0 Å². The van der Waals surface area contributed by atoms with Gasteiger partial charge < -0.3 is 10.4 Å². The van der Waals surface area contributed by atoms with Crippen LogP contribution in [0.2, 0.25) is 0 Å². The summed E-state index contributed by atoms with van der Waals surface area (Å²) in [6.07, 6.45) is 0. The summed E-state index contributed by atoms with van der Waals surface area (Å²) in [6.45, 7) is 8.59. The van der Waals surface area contributed by atoms with Crippen molar-refractivity contribution >= 4 is 11.9 Å². The summed E-state index contributed by atoms with van der Waals surface area (Å²) in [5.74, 6) is -1.21. The predicted molar refractivity (Wildman–Crippen MR) is 53.9 cm³/mol. The highest BCUT2D eigenvalue weighted by Crippen LogP contribution is 2.12. The highest BCUT2D eigenvalue weighted by Gasteiger charge is 2.31. The zero-order valence-electron chi connectivity index (χ0n) is 9.42. The van der Waals surface area contributed by atoms with Crippen molar-refractivity contribution in [1.82, 2.24) is 5.32 Å². The summed E-state index contributed by atoms with van der Waals surface area (Å²) in [7, 11) is 0. The van der Waals surface area contributed by atoms with Crippen LogP contribution in [0, 0.1) is 11.8 Å². The van der Waals surface area contributed by atoms with Gasteiger partial charge in [0.15, 0.2) is 0 Å². The fourth-order valence-corrected chi connectivity index (χ4v) is 0.778. The standard InChI is InChI=1S/C10H19NO3/c1-6(2)7(3)8(12)11-10(4,5)9(13)14/h6-7H,1-5H3,(H,11,12)(H,13,14)/t7-/m0/s1. The molecule has 0 saturated heterocycles. The highest BCUT2D eigenvalue weighted by molar-refractivity contribution is 5.87. The molecule has 0 rings (SSSR count). The van der Waals surface area contributed by atoms with Gasteiger partial charge in [-0.05, 0) is 19.8 Å². The third kappa shape index (κ3) is 3.36. The largest absolute Gasteiger partial charge is 0.480 e. The van der Waals surface area contributed by atoms with Gasteiger partial charge in [0.25, 0.3) is 0 Å². The molecule has 2 N–H and O–H groups in total. The first kappa shape index (κ1) is 12.9. The lowest BCUT2D eigenvalue weighted by atomic mass is 9.95. The number of hydrogen-bond donors (Lipinski definition) is 2. The number of amides is 1. The Morgan fingerprint density at radius 1 is 1.21 bits per heavy atom. The van der Waals surface area contributed by atoms with Crippen molar-refractivity contribution in [3.8, 4) is 0 Å². The molecule has 0 radical (unpaired) electrons. The molecule has 0 aromatic heterocycles. The van der Waals surface area contributed by atoms with Crippen LogP contribution in [0.1, 0.15) is 34.6 Å². The van der Waals surface area contributed by atoms with Crippen molar-refractivity contribution < 1.29 is 14.7 Å². The smallest absolute Gasteiger partial charge is 0.328 e. The molecular weight excluding hydrogens is 182 g/mol. The molecule has 0 aliphatic heterocycles. The number of carbonyl (C=O) groups is 2. The summed E-state index contributed by atoms with van der Waals surface area (Å²) in [5, 5.41) is 11.3. The zero-order chi connectivity index (χ0) is 11.5. The van der Waals surface area contributed by atoms with Gasteiger partial charge in [-0.1, -0.05) is 20.8 Å². The average Bonchev–Trinajstić information content (AvgIpc) is 2.01. The Balaban J connectivity index is 4.40. The van der Waals surface area contributed by atoms with Crippen molar-refractivity contribution in [2.24, 2.45) is 11.8 Å². The maximum atomic E-state index is 11.5. The van der Waals surface area contributed by atoms with E-state index in [1.165, 1.54) is 13.8 Å². The highest BCUT2D eigenvalue weighted by atomic mass is 16.4. The van der Waals surface area contributed by atoms with E-state index in [1.54, 1.807) is 6.92 Å². The number of aliphatic carboxylic acids is 1. The van der Waals surface area contributed by atoms with E-state index in [0.717, 1.165) is 0 Å². The lowest BCUT2D eigenvalue weighted by molar-refractivity contribution is -0.146. The van der Waals surface area contributed by atoms with Crippen molar-refractivity contribution in [3.63, 3.8) is 0 Å². The summed E-state index contributed by atoms with van der Waals surface area (Å²) < 4.78 is 0. The third-order valence-corrected chi connectivity index (χ3v) is 2.38. The van der Waals surface area contributed by atoms with Crippen LogP contribution in [0.25, 0.3) is 0 Å². The molecule has 0 heterocycles. The Bertz CT molecular complexity index is 234. The lowest BCUT2D eigenvalue weighted by Gasteiger charge is -2.24. The van der Waals surface area contributed by atoms with Gasteiger partial charge in [0.2, 0.25) is 5.91 Å². The zero-order valence-corrected chi connectivity index (χ0v) is 9.42. The van der Waals surface area contributed by atoms with Gasteiger partial charge in [-0.2, -0.15) is 0 Å². The number of carbonyl (C=O) groups excluding carboxylic acids is 1. The molecule has 82 valence electrons. The van der Waals surface area contributed by atoms with Gasteiger partial charge in [0, 0.05) is 5.92 Å². The number of nitrogens with one attached hydrogen (secondary N) is 1. The summed E-state index contributed by atoms with van der Waals surface area (Å²) >= 11 is 0. The van der Waals surface area contributed by atoms with Crippen molar-refractivity contribution in [2.75, 3.05) is 0 Å². The van der Waals surface area contributed by atoms with Crippen molar-refractivity contribution in [1.29, 1.82) is 0 Å². The molecule has 0 aromatic rings. The topological polar surface area (TPSA) is 66.4 Å². The second-order valence-electron chi connectivity index (χ2n) is 4.45. The molecule has 0 aromatic carbocycles. The molecular formula is C10H19NO3. The molecule has 0 unspecified atom stereocenters. The number of carboxylic acid groups (broad SMARTS) is 1. The molecule has 0 bridgehead atoms. The van der Waals surface area contributed by atoms with E-state index >= 15 is 0 Å². The number of carboxylic acids is 1. The minimum absolute atomic E-state index is 0.173. The Labute approximate surface area is 84.7 Å². The molecule has 1 amide bonds. The van der Waals surface area contributed by atoms with Crippen LogP contribution < -0.4 is 5.32 Å². The Morgan fingerprint density at radius 2 is 1.64 bits per heavy atom. The van der Waals surface area contributed by atoms with Crippen LogP contribution in [-0.4, -0.2) is 22.5 Å². The molecule has 4 nitrogen and oxygen atoms in total. The normalized spacial score (nSPS) is 13.9. The Hall–Kier alpha value is -1.06. The van der Waals surface area contributed by atoms with Crippen LogP contribution in [-0.2, 0) is 9.59 Å². The van der Waals surface area contributed by atoms with E-state index in [0.29, 0.717) is 0 Å². The van der Waals surface area contributed by atoms with Gasteiger partial charge in [-0.25, -0.2) is 4.79 Å². The maximum absolute atomic E-state index is 11.5. The van der Waals surface area contributed by atoms with Gasteiger partial charge in [-0.3, -0.25) is 4.79 Å². The van der Waals surface area contributed by atoms with Crippen molar-refractivity contribution in [2.45, 2.75) is 40.2 Å². The summed E-state index contributed by atoms with van der Waals surface area (Å²) in [5.41, 5.74) is -1.19. The van der Waals surface area contributed by atoms with E-state index in [-0.39, 0.29) is 17.7 Å². The fraction of sp³-hybridized carbons (Fsp3) is 0.800. The van der Waals surface area contributed by atoms with Gasteiger partial charge in [0.05, 0.1) is 0 Å². The maximum Gasteiger partial charge on any atom is 0.328 e. The quantitative estimate of drug-likeness (QED) is 0.719. The van der Waals surface area contributed by atoms with Crippen LogP contribution in [0.4, 0.5) is 0 Å². The van der Waals surface area contributed by atoms with E-state index in [4.69, 9.17) is 5.11 Å². The third-order valence-electron chi connectivity index (χ3n) is 2.38. The Morgan fingerprint density at radius 3 is 1.93 bits per heavy atom.